The van der Waals surface area contributed by atoms with Gasteiger partial charge in [-0.2, -0.15) is 11.8 Å². The monoisotopic (exact) mass is 264 g/mol. The van der Waals surface area contributed by atoms with Crippen molar-refractivity contribution in [1.82, 2.24) is 4.98 Å². The molecular weight excluding hydrogens is 244 g/mol. The fraction of sp³-hybridized carbons (Fsp3) is 0.643. The first-order chi connectivity index (χ1) is 8.79. The molecule has 3 unspecified atom stereocenters. The molecule has 0 bridgehead atoms. The minimum Gasteiger partial charge on any atom is -0.374 e. The van der Waals surface area contributed by atoms with Gasteiger partial charge in [-0.25, -0.2) is 0 Å². The largest absolute Gasteiger partial charge is 0.374 e. The van der Waals surface area contributed by atoms with Gasteiger partial charge in [-0.05, 0) is 42.6 Å². The van der Waals surface area contributed by atoms with Crippen molar-refractivity contribution in [2.75, 3.05) is 18.1 Å². The van der Waals surface area contributed by atoms with E-state index in [0.717, 1.165) is 30.8 Å². The molecular formula is C14H20N2OS. The molecule has 0 saturated carbocycles. The van der Waals surface area contributed by atoms with E-state index in [-0.39, 0.29) is 11.6 Å². The highest BCUT2D eigenvalue weighted by atomic mass is 32.2. The van der Waals surface area contributed by atoms with Crippen molar-refractivity contribution >= 4 is 11.8 Å². The second-order valence-corrected chi connectivity index (χ2v) is 6.50. The molecule has 0 amide bonds. The second-order valence-electron chi connectivity index (χ2n) is 5.40. The molecule has 1 aromatic heterocycles. The Balaban J connectivity index is 1.72. The lowest BCUT2D eigenvalue weighted by Crippen LogP contribution is -2.42. The van der Waals surface area contributed by atoms with E-state index in [1.54, 1.807) is 6.20 Å². The predicted octanol–water partition coefficient (Wildman–Crippen LogP) is 2.38. The molecule has 2 N–H and O–H groups in total. The number of hydrogen-bond acceptors (Lipinski definition) is 4. The van der Waals surface area contributed by atoms with Gasteiger partial charge in [0.15, 0.2) is 0 Å². The Morgan fingerprint density at radius 1 is 1.56 bits per heavy atom. The Labute approximate surface area is 113 Å². The van der Waals surface area contributed by atoms with E-state index in [4.69, 9.17) is 10.5 Å². The molecule has 3 rings (SSSR count). The standard InChI is InChI=1S/C14H20N2OS/c15-13(12-2-1-5-16-9-12)11-3-6-17-14(8-11)4-7-18-10-14/h1-2,5,9,11,13H,3-4,6-8,10,15H2. The molecule has 2 aliphatic heterocycles. The van der Waals surface area contributed by atoms with Crippen molar-refractivity contribution in [1.29, 1.82) is 0 Å². The summed E-state index contributed by atoms with van der Waals surface area (Å²) in [5.74, 6) is 2.90. The van der Waals surface area contributed by atoms with Crippen LogP contribution in [0.25, 0.3) is 0 Å². The van der Waals surface area contributed by atoms with Crippen molar-refractivity contribution < 1.29 is 4.74 Å². The zero-order valence-electron chi connectivity index (χ0n) is 10.5. The van der Waals surface area contributed by atoms with Crippen molar-refractivity contribution in [2.45, 2.75) is 30.9 Å². The van der Waals surface area contributed by atoms with E-state index in [0.29, 0.717) is 5.92 Å². The number of rotatable bonds is 2. The van der Waals surface area contributed by atoms with Crippen LogP contribution in [0.5, 0.6) is 0 Å². The molecule has 2 fully saturated rings. The van der Waals surface area contributed by atoms with Gasteiger partial charge in [0.1, 0.15) is 0 Å². The molecule has 0 aromatic carbocycles. The van der Waals surface area contributed by atoms with E-state index in [2.05, 4.69) is 11.1 Å². The van der Waals surface area contributed by atoms with Gasteiger partial charge < -0.3 is 10.5 Å². The SMILES string of the molecule is NC(c1cccnc1)C1CCOC2(CCSC2)C1. The summed E-state index contributed by atoms with van der Waals surface area (Å²) in [6.07, 6.45) is 7.07. The lowest BCUT2D eigenvalue weighted by atomic mass is 9.80. The van der Waals surface area contributed by atoms with Crippen LogP contribution in [0, 0.1) is 5.92 Å². The number of aromatic nitrogens is 1. The topological polar surface area (TPSA) is 48.1 Å². The fourth-order valence-electron chi connectivity index (χ4n) is 3.08. The van der Waals surface area contributed by atoms with E-state index in [1.165, 1.54) is 12.2 Å². The molecule has 3 heterocycles. The smallest absolute Gasteiger partial charge is 0.0783 e. The molecule has 4 heteroatoms. The Morgan fingerprint density at radius 3 is 3.22 bits per heavy atom. The summed E-state index contributed by atoms with van der Waals surface area (Å²) >= 11 is 2.01. The Morgan fingerprint density at radius 2 is 2.50 bits per heavy atom. The first-order valence-electron chi connectivity index (χ1n) is 6.66. The Bertz CT molecular complexity index is 392. The number of nitrogens with zero attached hydrogens (tertiary/aromatic N) is 1. The minimum absolute atomic E-state index is 0.102. The third-order valence-electron chi connectivity index (χ3n) is 4.18. The van der Waals surface area contributed by atoms with Crippen LogP contribution in [0.3, 0.4) is 0 Å². The maximum absolute atomic E-state index is 6.42. The molecule has 98 valence electrons. The van der Waals surface area contributed by atoms with Crippen LogP contribution >= 0.6 is 11.8 Å². The summed E-state index contributed by atoms with van der Waals surface area (Å²) in [4.78, 5) is 4.17. The Hall–Kier alpha value is -0.580. The van der Waals surface area contributed by atoms with Crippen molar-refractivity contribution in [2.24, 2.45) is 11.7 Å². The van der Waals surface area contributed by atoms with Crippen LogP contribution in [-0.4, -0.2) is 28.7 Å². The predicted molar refractivity (Wildman–Crippen MR) is 74.5 cm³/mol. The van der Waals surface area contributed by atoms with Gasteiger partial charge >= 0.3 is 0 Å². The van der Waals surface area contributed by atoms with Crippen LogP contribution in [0.15, 0.2) is 24.5 Å². The van der Waals surface area contributed by atoms with Gasteiger partial charge in [0.2, 0.25) is 0 Å². The summed E-state index contributed by atoms with van der Waals surface area (Å²) in [6, 6.07) is 4.16. The van der Waals surface area contributed by atoms with E-state index >= 15 is 0 Å². The normalized spacial score (nSPS) is 33.7. The molecule has 1 spiro atoms. The number of ether oxygens (including phenoxy) is 1. The average molecular weight is 264 g/mol. The van der Waals surface area contributed by atoms with Crippen molar-refractivity contribution in [3.63, 3.8) is 0 Å². The van der Waals surface area contributed by atoms with E-state index in [1.807, 2.05) is 24.0 Å². The van der Waals surface area contributed by atoms with Crippen LogP contribution < -0.4 is 5.73 Å². The highest BCUT2D eigenvalue weighted by Gasteiger charge is 2.42. The Kier molecular flexibility index (Phi) is 3.59. The molecule has 0 radical (unpaired) electrons. The van der Waals surface area contributed by atoms with Gasteiger partial charge in [0, 0.05) is 30.8 Å². The van der Waals surface area contributed by atoms with E-state index < -0.39 is 0 Å². The molecule has 1 aromatic rings. The highest BCUT2D eigenvalue weighted by molar-refractivity contribution is 7.99. The van der Waals surface area contributed by atoms with Gasteiger partial charge in [-0.1, -0.05) is 6.07 Å². The first kappa shape index (κ1) is 12.5. The first-order valence-corrected chi connectivity index (χ1v) is 7.82. The number of nitrogens with two attached hydrogens (primary N) is 1. The minimum atomic E-state index is 0.102. The average Bonchev–Trinajstić information content (AvgIpc) is 2.87. The zero-order chi connectivity index (χ0) is 12.4. The van der Waals surface area contributed by atoms with Crippen LogP contribution in [0.4, 0.5) is 0 Å². The van der Waals surface area contributed by atoms with Crippen LogP contribution in [0.2, 0.25) is 0 Å². The lowest BCUT2D eigenvalue weighted by Gasteiger charge is -2.40. The van der Waals surface area contributed by atoms with Crippen LogP contribution in [0.1, 0.15) is 30.9 Å². The molecule has 2 saturated heterocycles. The quantitative estimate of drug-likeness (QED) is 0.891. The summed E-state index contributed by atoms with van der Waals surface area (Å²) in [7, 11) is 0. The van der Waals surface area contributed by atoms with E-state index in [9.17, 15) is 0 Å². The third-order valence-corrected chi connectivity index (χ3v) is 5.40. The molecule has 3 atom stereocenters. The summed E-state index contributed by atoms with van der Waals surface area (Å²) in [6.45, 7) is 0.860. The molecule has 0 aliphatic carbocycles. The number of hydrogen-bond donors (Lipinski definition) is 1. The van der Waals surface area contributed by atoms with Gasteiger partial charge in [-0.15, -0.1) is 0 Å². The maximum Gasteiger partial charge on any atom is 0.0783 e. The lowest BCUT2D eigenvalue weighted by molar-refractivity contribution is -0.0834. The highest BCUT2D eigenvalue weighted by Crippen LogP contribution is 2.43. The van der Waals surface area contributed by atoms with Gasteiger partial charge in [0.25, 0.3) is 0 Å². The summed E-state index contributed by atoms with van der Waals surface area (Å²) in [5.41, 5.74) is 7.69. The summed E-state index contributed by atoms with van der Waals surface area (Å²) < 4.78 is 6.05. The zero-order valence-corrected chi connectivity index (χ0v) is 11.4. The number of thioether (sulfide) groups is 1. The molecule has 2 aliphatic rings. The van der Waals surface area contributed by atoms with Crippen LogP contribution in [-0.2, 0) is 4.74 Å². The molecule has 3 nitrogen and oxygen atoms in total. The van der Waals surface area contributed by atoms with Crippen molar-refractivity contribution in [3.05, 3.63) is 30.1 Å². The third kappa shape index (κ3) is 2.42. The van der Waals surface area contributed by atoms with Crippen molar-refractivity contribution in [3.8, 4) is 0 Å². The molecule has 18 heavy (non-hydrogen) atoms. The summed E-state index contributed by atoms with van der Waals surface area (Å²) in [5, 5.41) is 0. The second kappa shape index (κ2) is 5.19. The maximum atomic E-state index is 6.42. The van der Waals surface area contributed by atoms with Gasteiger partial charge in [-0.3, -0.25) is 4.98 Å². The number of pyridine rings is 1. The van der Waals surface area contributed by atoms with Gasteiger partial charge in [0.05, 0.1) is 5.60 Å². The fourth-order valence-corrected chi connectivity index (χ4v) is 4.46.